The molecular weight excluding hydrogens is 294 g/mol. The molecule has 0 aliphatic carbocycles. The Balaban J connectivity index is 2.13. The first-order valence-corrected chi connectivity index (χ1v) is 6.84. The maximum atomic E-state index is 6.11. The van der Waals surface area contributed by atoms with Crippen LogP contribution in [0.5, 0.6) is 5.88 Å². The van der Waals surface area contributed by atoms with Crippen LogP contribution in [-0.4, -0.2) is 16.6 Å². The number of benzene rings is 1. The van der Waals surface area contributed by atoms with Crippen molar-refractivity contribution in [1.82, 2.24) is 4.98 Å². The lowest BCUT2D eigenvalue weighted by molar-refractivity contribution is 0.327. The Morgan fingerprint density at radius 3 is 2.65 bits per heavy atom. The molecule has 0 unspecified atom stereocenters. The minimum atomic E-state index is 0.282. The molecule has 0 radical (unpaired) electrons. The van der Waals surface area contributed by atoms with E-state index in [1.165, 1.54) is 0 Å². The second-order valence-electron chi connectivity index (χ2n) is 4.00. The zero-order valence-electron chi connectivity index (χ0n) is 10.9. The van der Waals surface area contributed by atoms with Gasteiger partial charge in [0.1, 0.15) is 4.99 Å². The maximum Gasteiger partial charge on any atom is 0.213 e. The number of nitrogens with one attached hydrogen (secondary N) is 1. The molecule has 0 fully saturated rings. The van der Waals surface area contributed by atoms with Crippen LogP contribution in [0.2, 0.25) is 5.02 Å². The Labute approximate surface area is 127 Å². The van der Waals surface area contributed by atoms with Crippen molar-refractivity contribution in [2.75, 3.05) is 11.9 Å². The Bertz CT molecular complexity index is 616. The average molecular weight is 308 g/mol. The van der Waals surface area contributed by atoms with Gasteiger partial charge in [0.25, 0.3) is 0 Å². The van der Waals surface area contributed by atoms with Crippen molar-refractivity contribution in [1.29, 1.82) is 0 Å². The molecule has 0 saturated carbocycles. The zero-order valence-corrected chi connectivity index (χ0v) is 12.5. The topological polar surface area (TPSA) is 60.2 Å². The van der Waals surface area contributed by atoms with Gasteiger partial charge >= 0.3 is 0 Å². The number of nitrogens with zero attached hydrogens (tertiary/aromatic N) is 1. The number of anilines is 2. The van der Waals surface area contributed by atoms with Crippen LogP contribution < -0.4 is 15.8 Å². The van der Waals surface area contributed by atoms with E-state index in [0.717, 1.165) is 11.4 Å². The average Bonchev–Trinajstić information content (AvgIpc) is 2.41. The summed E-state index contributed by atoms with van der Waals surface area (Å²) in [5.74, 6) is 0.597. The van der Waals surface area contributed by atoms with E-state index in [-0.39, 0.29) is 4.99 Å². The summed E-state index contributed by atoms with van der Waals surface area (Å²) in [5.41, 5.74) is 7.90. The minimum absolute atomic E-state index is 0.282. The third-order valence-electron chi connectivity index (χ3n) is 2.55. The number of ether oxygens (including phenoxy) is 1. The van der Waals surface area contributed by atoms with Crippen molar-refractivity contribution in [2.24, 2.45) is 5.73 Å². The van der Waals surface area contributed by atoms with Gasteiger partial charge in [-0.3, -0.25) is 0 Å². The van der Waals surface area contributed by atoms with Crippen LogP contribution >= 0.6 is 23.8 Å². The number of hydrogen-bond donors (Lipinski definition) is 2. The number of halogens is 1. The van der Waals surface area contributed by atoms with Crippen molar-refractivity contribution in [3.8, 4) is 5.88 Å². The fraction of sp³-hybridized carbons (Fsp3) is 0.143. The summed E-state index contributed by atoms with van der Waals surface area (Å²) in [4.78, 5) is 4.46. The molecule has 0 aliphatic heterocycles. The minimum Gasteiger partial charge on any atom is -0.478 e. The molecule has 1 aromatic carbocycles. The van der Waals surface area contributed by atoms with Gasteiger partial charge in [-0.2, -0.15) is 0 Å². The highest BCUT2D eigenvalue weighted by atomic mass is 35.5. The summed E-state index contributed by atoms with van der Waals surface area (Å²) in [7, 11) is 0. The predicted molar refractivity (Wildman–Crippen MR) is 86.0 cm³/mol. The lowest BCUT2D eigenvalue weighted by Gasteiger charge is -2.09. The molecule has 0 spiro atoms. The number of pyridine rings is 1. The number of aromatic nitrogens is 1. The highest BCUT2D eigenvalue weighted by Gasteiger charge is 2.05. The number of hydrogen-bond acceptors (Lipinski definition) is 4. The van der Waals surface area contributed by atoms with Crippen LogP contribution in [-0.2, 0) is 0 Å². The number of rotatable bonds is 5. The van der Waals surface area contributed by atoms with Gasteiger partial charge in [-0.25, -0.2) is 4.98 Å². The van der Waals surface area contributed by atoms with Crippen LogP contribution in [0.1, 0.15) is 12.5 Å². The highest BCUT2D eigenvalue weighted by molar-refractivity contribution is 7.80. The second kappa shape index (κ2) is 6.54. The van der Waals surface area contributed by atoms with Gasteiger partial charge in [-0.1, -0.05) is 23.8 Å². The van der Waals surface area contributed by atoms with E-state index in [1.807, 2.05) is 19.1 Å². The van der Waals surface area contributed by atoms with Crippen LogP contribution in [0, 0.1) is 0 Å². The molecule has 0 bridgehead atoms. The molecule has 2 rings (SSSR count). The Hall–Kier alpha value is -1.85. The van der Waals surface area contributed by atoms with E-state index in [4.69, 9.17) is 34.3 Å². The molecule has 0 atom stereocenters. The fourth-order valence-corrected chi connectivity index (χ4v) is 2.16. The molecule has 3 N–H and O–H groups in total. The van der Waals surface area contributed by atoms with E-state index in [0.29, 0.717) is 23.1 Å². The van der Waals surface area contributed by atoms with Gasteiger partial charge in [0.15, 0.2) is 0 Å². The van der Waals surface area contributed by atoms with Gasteiger partial charge in [0, 0.05) is 17.3 Å². The van der Waals surface area contributed by atoms with Crippen molar-refractivity contribution in [2.45, 2.75) is 6.92 Å². The van der Waals surface area contributed by atoms with Crippen molar-refractivity contribution in [3.63, 3.8) is 0 Å². The van der Waals surface area contributed by atoms with E-state index in [2.05, 4.69) is 10.3 Å². The molecule has 0 amide bonds. The predicted octanol–water partition coefficient (Wildman–Crippen LogP) is 3.51. The Morgan fingerprint density at radius 2 is 2.10 bits per heavy atom. The zero-order chi connectivity index (χ0) is 14.5. The van der Waals surface area contributed by atoms with Gasteiger partial charge in [0.2, 0.25) is 5.88 Å². The standard InChI is InChI=1S/C14H14ClN3OS/c1-2-19-13-6-4-10(8-17-13)18-9-3-5-11(14(16)20)12(15)7-9/h3-8,18H,2H2,1H3,(H2,16,20). The SMILES string of the molecule is CCOc1ccc(Nc2ccc(C(N)=S)c(Cl)c2)cn1. The van der Waals surface area contributed by atoms with Crippen LogP contribution in [0.15, 0.2) is 36.5 Å². The van der Waals surface area contributed by atoms with Gasteiger partial charge in [-0.05, 0) is 31.2 Å². The van der Waals surface area contributed by atoms with E-state index < -0.39 is 0 Å². The monoisotopic (exact) mass is 307 g/mol. The third kappa shape index (κ3) is 3.59. The molecule has 20 heavy (non-hydrogen) atoms. The van der Waals surface area contributed by atoms with Crippen molar-refractivity contribution < 1.29 is 4.74 Å². The molecule has 0 saturated heterocycles. The first-order valence-electron chi connectivity index (χ1n) is 6.05. The molecule has 1 heterocycles. The van der Waals surface area contributed by atoms with Crippen molar-refractivity contribution in [3.05, 3.63) is 47.1 Å². The summed E-state index contributed by atoms with van der Waals surface area (Å²) in [6, 6.07) is 9.10. The Kier molecular flexibility index (Phi) is 4.76. The van der Waals surface area contributed by atoms with Gasteiger partial charge in [0.05, 0.1) is 23.5 Å². The Morgan fingerprint density at radius 1 is 1.35 bits per heavy atom. The van der Waals surface area contributed by atoms with Gasteiger partial charge < -0.3 is 15.8 Å². The van der Waals surface area contributed by atoms with Crippen LogP contribution in [0.3, 0.4) is 0 Å². The second-order valence-corrected chi connectivity index (χ2v) is 4.85. The van der Waals surface area contributed by atoms with Crippen LogP contribution in [0.25, 0.3) is 0 Å². The van der Waals surface area contributed by atoms with Crippen LogP contribution in [0.4, 0.5) is 11.4 Å². The summed E-state index contributed by atoms with van der Waals surface area (Å²) < 4.78 is 5.28. The lowest BCUT2D eigenvalue weighted by atomic mass is 10.2. The molecule has 4 nitrogen and oxygen atoms in total. The van der Waals surface area contributed by atoms with E-state index >= 15 is 0 Å². The largest absolute Gasteiger partial charge is 0.478 e. The lowest BCUT2D eigenvalue weighted by Crippen LogP contribution is -2.09. The quantitative estimate of drug-likeness (QED) is 0.828. The molecule has 2 aromatic rings. The highest BCUT2D eigenvalue weighted by Crippen LogP contribution is 2.24. The summed E-state index contributed by atoms with van der Waals surface area (Å²) in [6.45, 7) is 2.51. The number of thiocarbonyl (C=S) groups is 1. The van der Waals surface area contributed by atoms with Gasteiger partial charge in [-0.15, -0.1) is 0 Å². The smallest absolute Gasteiger partial charge is 0.213 e. The molecule has 1 aromatic heterocycles. The van der Waals surface area contributed by atoms with Crippen molar-refractivity contribution >= 4 is 40.2 Å². The fourth-order valence-electron chi connectivity index (χ4n) is 1.65. The first kappa shape index (κ1) is 14.6. The van der Waals surface area contributed by atoms with E-state index in [1.54, 1.807) is 24.4 Å². The number of nitrogens with two attached hydrogens (primary N) is 1. The summed E-state index contributed by atoms with van der Waals surface area (Å²) in [5, 5.41) is 3.71. The first-order chi connectivity index (χ1) is 9.60. The normalized spacial score (nSPS) is 10.1. The molecular formula is C14H14ClN3OS. The summed E-state index contributed by atoms with van der Waals surface area (Å²) >= 11 is 11.0. The molecule has 0 aliphatic rings. The summed E-state index contributed by atoms with van der Waals surface area (Å²) in [6.07, 6.45) is 1.69. The maximum absolute atomic E-state index is 6.11. The molecule has 6 heteroatoms. The molecule has 104 valence electrons. The third-order valence-corrected chi connectivity index (χ3v) is 3.08. The van der Waals surface area contributed by atoms with E-state index in [9.17, 15) is 0 Å².